The third-order valence-corrected chi connectivity index (χ3v) is 4.78. The number of aryl methyl sites for hydroxylation is 2. The summed E-state index contributed by atoms with van der Waals surface area (Å²) in [6, 6.07) is 5.69. The first-order valence-corrected chi connectivity index (χ1v) is 7.64. The summed E-state index contributed by atoms with van der Waals surface area (Å²) in [5.74, 6) is 0.155. The van der Waals surface area contributed by atoms with Gasteiger partial charge in [0.1, 0.15) is 5.82 Å². The van der Waals surface area contributed by atoms with Crippen LogP contribution in [0.1, 0.15) is 45.7 Å². The van der Waals surface area contributed by atoms with E-state index in [1.807, 2.05) is 11.3 Å². The minimum absolute atomic E-state index is 0.146. The molecule has 0 amide bonds. The van der Waals surface area contributed by atoms with E-state index in [9.17, 15) is 4.79 Å². The van der Waals surface area contributed by atoms with Gasteiger partial charge in [0, 0.05) is 9.75 Å². The Balaban J connectivity index is 2.08. The van der Waals surface area contributed by atoms with Gasteiger partial charge in [0.05, 0.1) is 13.2 Å². The van der Waals surface area contributed by atoms with E-state index in [1.165, 1.54) is 22.4 Å². The number of rotatable bonds is 5. The van der Waals surface area contributed by atoms with Crippen LogP contribution in [0.25, 0.3) is 0 Å². The zero-order valence-electron chi connectivity index (χ0n) is 12.6. The highest BCUT2D eigenvalue weighted by molar-refractivity contribution is 7.12. The van der Waals surface area contributed by atoms with Crippen molar-refractivity contribution in [1.82, 2.24) is 10.2 Å². The summed E-state index contributed by atoms with van der Waals surface area (Å²) in [5, 5.41) is 11.1. The predicted molar refractivity (Wildman–Crippen MR) is 83.8 cm³/mol. The maximum Gasteiger partial charge on any atom is 0.358 e. The van der Waals surface area contributed by atoms with Crippen molar-refractivity contribution in [2.45, 2.75) is 33.2 Å². The Bertz CT molecular complexity index is 622. The molecule has 2 heterocycles. The number of thiophene rings is 1. The highest BCUT2D eigenvalue weighted by atomic mass is 32.1. The van der Waals surface area contributed by atoms with Crippen molar-refractivity contribution < 1.29 is 9.53 Å². The first-order chi connectivity index (χ1) is 10.0. The van der Waals surface area contributed by atoms with Crippen LogP contribution in [0.15, 0.2) is 18.2 Å². The van der Waals surface area contributed by atoms with Crippen LogP contribution in [0.2, 0.25) is 0 Å². The Morgan fingerprint density at radius 2 is 2.19 bits per heavy atom. The van der Waals surface area contributed by atoms with E-state index < -0.39 is 5.97 Å². The molecule has 1 atom stereocenters. The Morgan fingerprint density at radius 3 is 2.71 bits per heavy atom. The Hall–Kier alpha value is -1.95. The molecule has 112 valence electrons. The number of anilines is 1. The van der Waals surface area contributed by atoms with Gasteiger partial charge in [-0.2, -0.15) is 0 Å². The smallest absolute Gasteiger partial charge is 0.358 e. The number of methoxy groups -OCH3 is 1. The van der Waals surface area contributed by atoms with E-state index in [2.05, 4.69) is 47.1 Å². The van der Waals surface area contributed by atoms with E-state index in [0.717, 1.165) is 6.42 Å². The number of carbonyl (C=O) groups is 1. The van der Waals surface area contributed by atoms with Gasteiger partial charge < -0.3 is 10.1 Å². The van der Waals surface area contributed by atoms with Crippen molar-refractivity contribution in [3.8, 4) is 0 Å². The molecule has 2 aromatic rings. The predicted octanol–water partition coefficient (Wildman–Crippen LogP) is 3.37. The first kappa shape index (κ1) is 15.4. The van der Waals surface area contributed by atoms with E-state index in [4.69, 9.17) is 0 Å². The molecule has 21 heavy (non-hydrogen) atoms. The monoisotopic (exact) mass is 305 g/mol. The molecule has 0 bridgehead atoms. The van der Waals surface area contributed by atoms with Crippen LogP contribution in [0.4, 0.5) is 5.82 Å². The zero-order valence-corrected chi connectivity index (χ0v) is 13.5. The van der Waals surface area contributed by atoms with Gasteiger partial charge in [0.25, 0.3) is 0 Å². The van der Waals surface area contributed by atoms with Crippen LogP contribution in [0.3, 0.4) is 0 Å². The molecule has 0 aliphatic heterocycles. The number of ether oxygens (including phenoxy) is 1. The SMILES string of the molecule is CCc1sc(C(C)Nc2ccc(C(=O)OC)nn2)cc1C. The zero-order chi connectivity index (χ0) is 15.4. The van der Waals surface area contributed by atoms with Crippen molar-refractivity contribution >= 4 is 23.1 Å². The van der Waals surface area contributed by atoms with E-state index in [0.29, 0.717) is 5.82 Å². The number of carbonyl (C=O) groups excluding carboxylic acids is 1. The molecule has 0 aliphatic carbocycles. The minimum Gasteiger partial charge on any atom is -0.464 e. The molecule has 0 saturated heterocycles. The third-order valence-electron chi connectivity index (χ3n) is 3.21. The molecule has 2 rings (SSSR count). The molecule has 0 spiro atoms. The summed E-state index contributed by atoms with van der Waals surface area (Å²) in [4.78, 5) is 14.0. The van der Waals surface area contributed by atoms with Crippen molar-refractivity contribution in [3.05, 3.63) is 39.2 Å². The molecule has 1 N–H and O–H groups in total. The third kappa shape index (κ3) is 3.58. The average molecular weight is 305 g/mol. The molecule has 0 radical (unpaired) electrons. The lowest BCUT2D eigenvalue weighted by molar-refractivity contribution is 0.0593. The number of nitrogens with zero attached hydrogens (tertiary/aromatic N) is 2. The number of esters is 1. The van der Waals surface area contributed by atoms with E-state index in [-0.39, 0.29) is 11.7 Å². The maximum atomic E-state index is 11.3. The van der Waals surface area contributed by atoms with Gasteiger partial charge in [-0.3, -0.25) is 0 Å². The first-order valence-electron chi connectivity index (χ1n) is 6.83. The Kier molecular flexibility index (Phi) is 4.90. The summed E-state index contributed by atoms with van der Waals surface area (Å²) in [7, 11) is 1.32. The molecule has 1 unspecified atom stereocenters. The Morgan fingerprint density at radius 1 is 1.43 bits per heavy atom. The molecule has 0 aliphatic rings. The van der Waals surface area contributed by atoms with E-state index in [1.54, 1.807) is 12.1 Å². The topological polar surface area (TPSA) is 64.1 Å². The maximum absolute atomic E-state index is 11.3. The van der Waals surface area contributed by atoms with Gasteiger partial charge in [-0.05, 0) is 44.0 Å². The van der Waals surface area contributed by atoms with Gasteiger partial charge in [0.2, 0.25) is 0 Å². The number of nitrogens with one attached hydrogen (secondary N) is 1. The van der Waals surface area contributed by atoms with Crippen LogP contribution in [0, 0.1) is 6.92 Å². The minimum atomic E-state index is -0.483. The summed E-state index contributed by atoms with van der Waals surface area (Å²) in [6.45, 7) is 6.38. The molecule has 2 aromatic heterocycles. The summed E-state index contributed by atoms with van der Waals surface area (Å²) in [5.41, 5.74) is 1.54. The standard InChI is InChI=1S/C15H19N3O2S/c1-5-12-9(2)8-13(21-12)10(3)16-14-7-6-11(17-18-14)15(19)20-4/h6-8,10H,5H2,1-4H3,(H,16,18). The van der Waals surface area contributed by atoms with Gasteiger partial charge in [-0.1, -0.05) is 6.92 Å². The van der Waals surface area contributed by atoms with Gasteiger partial charge >= 0.3 is 5.97 Å². The van der Waals surface area contributed by atoms with Crippen LogP contribution < -0.4 is 5.32 Å². The second kappa shape index (κ2) is 6.67. The van der Waals surface area contributed by atoms with Gasteiger partial charge in [0.15, 0.2) is 5.69 Å². The molecule has 0 saturated carbocycles. The van der Waals surface area contributed by atoms with Crippen molar-refractivity contribution in [1.29, 1.82) is 0 Å². The number of hydrogen-bond acceptors (Lipinski definition) is 6. The highest BCUT2D eigenvalue weighted by Gasteiger charge is 2.13. The average Bonchev–Trinajstić information content (AvgIpc) is 2.88. The van der Waals surface area contributed by atoms with E-state index >= 15 is 0 Å². The van der Waals surface area contributed by atoms with Crippen LogP contribution in [-0.2, 0) is 11.2 Å². The van der Waals surface area contributed by atoms with Gasteiger partial charge in [-0.25, -0.2) is 4.79 Å². The molecule has 0 aromatic carbocycles. The lowest BCUT2D eigenvalue weighted by Gasteiger charge is -2.12. The van der Waals surface area contributed by atoms with Crippen molar-refractivity contribution in [3.63, 3.8) is 0 Å². The Labute approximate surface area is 128 Å². The van der Waals surface area contributed by atoms with Crippen molar-refractivity contribution in [2.75, 3.05) is 12.4 Å². The fourth-order valence-electron chi connectivity index (χ4n) is 2.03. The fraction of sp³-hybridized carbons (Fsp3) is 0.400. The second-order valence-electron chi connectivity index (χ2n) is 4.77. The lowest BCUT2D eigenvalue weighted by atomic mass is 10.2. The highest BCUT2D eigenvalue weighted by Crippen LogP contribution is 2.29. The second-order valence-corrected chi connectivity index (χ2v) is 5.94. The molecular formula is C15H19N3O2S. The largest absolute Gasteiger partial charge is 0.464 e. The number of hydrogen-bond donors (Lipinski definition) is 1. The van der Waals surface area contributed by atoms with Crippen molar-refractivity contribution in [2.24, 2.45) is 0 Å². The molecule has 5 nitrogen and oxygen atoms in total. The molecular weight excluding hydrogens is 286 g/mol. The number of aromatic nitrogens is 2. The molecule has 0 fully saturated rings. The summed E-state index contributed by atoms with van der Waals surface area (Å²) >= 11 is 1.81. The van der Waals surface area contributed by atoms with Crippen LogP contribution >= 0.6 is 11.3 Å². The summed E-state index contributed by atoms with van der Waals surface area (Å²) in [6.07, 6.45) is 1.05. The van der Waals surface area contributed by atoms with Crippen LogP contribution in [-0.4, -0.2) is 23.3 Å². The quantitative estimate of drug-likeness (QED) is 0.858. The lowest BCUT2D eigenvalue weighted by Crippen LogP contribution is -2.10. The van der Waals surface area contributed by atoms with Crippen LogP contribution in [0.5, 0.6) is 0 Å². The normalized spacial score (nSPS) is 12.0. The summed E-state index contributed by atoms with van der Waals surface area (Å²) < 4.78 is 4.59. The van der Waals surface area contributed by atoms with Gasteiger partial charge in [-0.15, -0.1) is 21.5 Å². The fourth-order valence-corrected chi connectivity index (χ4v) is 3.15. The molecule has 6 heteroatoms.